The monoisotopic (exact) mass is 420 g/mol. The van der Waals surface area contributed by atoms with E-state index in [4.69, 9.17) is 0 Å². The summed E-state index contributed by atoms with van der Waals surface area (Å²) >= 11 is 0. The Morgan fingerprint density at radius 1 is 1.03 bits per heavy atom. The number of fused-ring (bicyclic) bond motifs is 1. The molecular weight excluding hydrogens is 384 g/mol. The first-order valence-electron chi connectivity index (χ1n) is 11.4. The van der Waals surface area contributed by atoms with Crippen LogP contribution in [0.15, 0.2) is 42.5 Å². The molecule has 0 unspecified atom stereocenters. The quantitative estimate of drug-likeness (QED) is 0.649. The van der Waals surface area contributed by atoms with Gasteiger partial charge in [0.15, 0.2) is 0 Å². The number of anilines is 2. The SMILES string of the molecule is CC(C)Cc1ccc([C@@H](C)C(=O)Nc2ccc3c(c2)CCCN3C(=O)C(C)(C)C)cc1. The number of benzene rings is 2. The summed E-state index contributed by atoms with van der Waals surface area (Å²) in [6.45, 7) is 13.0. The van der Waals surface area contributed by atoms with Crippen LogP contribution in [0.3, 0.4) is 0 Å². The molecule has 166 valence electrons. The number of carbonyl (C=O) groups excluding carboxylic acids is 2. The highest BCUT2D eigenvalue weighted by Crippen LogP contribution is 2.33. The average molecular weight is 421 g/mol. The summed E-state index contributed by atoms with van der Waals surface area (Å²) in [6, 6.07) is 14.3. The number of aryl methyl sites for hydroxylation is 1. The van der Waals surface area contributed by atoms with Gasteiger partial charge in [-0.25, -0.2) is 0 Å². The number of rotatable bonds is 5. The van der Waals surface area contributed by atoms with Gasteiger partial charge >= 0.3 is 0 Å². The smallest absolute Gasteiger partial charge is 0.232 e. The molecule has 0 radical (unpaired) electrons. The Morgan fingerprint density at radius 2 is 1.71 bits per heavy atom. The number of hydrogen-bond donors (Lipinski definition) is 1. The van der Waals surface area contributed by atoms with Crippen molar-refractivity contribution in [1.29, 1.82) is 0 Å². The largest absolute Gasteiger partial charge is 0.326 e. The van der Waals surface area contributed by atoms with Crippen LogP contribution in [-0.4, -0.2) is 18.4 Å². The molecule has 4 heteroatoms. The number of carbonyl (C=O) groups is 2. The molecule has 0 bridgehead atoms. The normalized spacial score (nSPS) is 14.9. The number of nitrogens with zero attached hydrogens (tertiary/aromatic N) is 1. The van der Waals surface area contributed by atoms with Gasteiger partial charge in [-0.15, -0.1) is 0 Å². The molecule has 1 aliphatic heterocycles. The predicted molar refractivity (Wildman–Crippen MR) is 129 cm³/mol. The Kier molecular flexibility index (Phi) is 6.88. The van der Waals surface area contributed by atoms with E-state index in [2.05, 4.69) is 43.4 Å². The van der Waals surface area contributed by atoms with Gasteiger partial charge in [0, 0.05) is 23.3 Å². The molecule has 2 amide bonds. The van der Waals surface area contributed by atoms with Crippen LogP contribution in [0, 0.1) is 11.3 Å². The maximum Gasteiger partial charge on any atom is 0.232 e. The summed E-state index contributed by atoms with van der Waals surface area (Å²) in [4.78, 5) is 27.6. The molecule has 0 saturated heterocycles. The van der Waals surface area contributed by atoms with Crippen LogP contribution < -0.4 is 10.2 Å². The first-order chi connectivity index (χ1) is 14.6. The van der Waals surface area contributed by atoms with E-state index in [0.29, 0.717) is 5.92 Å². The highest BCUT2D eigenvalue weighted by Gasteiger charge is 2.31. The zero-order valence-electron chi connectivity index (χ0n) is 19.8. The lowest BCUT2D eigenvalue weighted by molar-refractivity contribution is -0.125. The fourth-order valence-electron chi connectivity index (χ4n) is 4.11. The molecule has 1 N–H and O–H groups in total. The minimum atomic E-state index is -0.415. The van der Waals surface area contributed by atoms with Crippen molar-refractivity contribution < 1.29 is 9.59 Å². The van der Waals surface area contributed by atoms with Crippen molar-refractivity contribution in [2.24, 2.45) is 11.3 Å². The first-order valence-corrected chi connectivity index (χ1v) is 11.4. The summed E-state index contributed by atoms with van der Waals surface area (Å²) in [5.74, 6) is 0.503. The van der Waals surface area contributed by atoms with Gasteiger partial charge in [-0.1, -0.05) is 58.9 Å². The Morgan fingerprint density at radius 3 is 2.32 bits per heavy atom. The molecule has 1 aliphatic rings. The van der Waals surface area contributed by atoms with Crippen molar-refractivity contribution >= 4 is 23.2 Å². The van der Waals surface area contributed by atoms with Crippen LogP contribution in [-0.2, 0) is 22.4 Å². The van der Waals surface area contributed by atoms with Gasteiger partial charge in [-0.3, -0.25) is 9.59 Å². The molecule has 1 heterocycles. The van der Waals surface area contributed by atoms with E-state index in [9.17, 15) is 9.59 Å². The summed E-state index contributed by atoms with van der Waals surface area (Å²) in [6.07, 6.45) is 2.90. The van der Waals surface area contributed by atoms with Crippen molar-refractivity contribution in [2.75, 3.05) is 16.8 Å². The molecule has 4 nitrogen and oxygen atoms in total. The molecule has 0 aromatic heterocycles. The van der Waals surface area contributed by atoms with Crippen molar-refractivity contribution in [3.8, 4) is 0 Å². The molecule has 1 atom stereocenters. The van der Waals surface area contributed by atoms with E-state index in [1.165, 1.54) is 5.56 Å². The van der Waals surface area contributed by atoms with Crippen LogP contribution in [0.1, 0.15) is 70.6 Å². The number of amides is 2. The number of hydrogen-bond acceptors (Lipinski definition) is 2. The van der Waals surface area contributed by atoms with Gasteiger partial charge in [-0.2, -0.15) is 0 Å². The minimum Gasteiger partial charge on any atom is -0.326 e. The third kappa shape index (κ3) is 5.55. The predicted octanol–water partition coefficient (Wildman–Crippen LogP) is 5.95. The first kappa shape index (κ1) is 23.1. The van der Waals surface area contributed by atoms with Crippen LogP contribution in [0.2, 0.25) is 0 Å². The summed E-state index contributed by atoms with van der Waals surface area (Å²) in [5, 5.41) is 3.07. The third-order valence-corrected chi connectivity index (χ3v) is 5.87. The zero-order chi connectivity index (χ0) is 22.8. The molecule has 0 fully saturated rings. The highest BCUT2D eigenvalue weighted by atomic mass is 16.2. The zero-order valence-corrected chi connectivity index (χ0v) is 19.8. The van der Waals surface area contributed by atoms with Crippen molar-refractivity contribution in [3.05, 3.63) is 59.2 Å². The average Bonchev–Trinajstić information content (AvgIpc) is 2.71. The molecule has 2 aromatic rings. The second-order valence-corrected chi connectivity index (χ2v) is 10.2. The second kappa shape index (κ2) is 9.25. The second-order valence-electron chi connectivity index (χ2n) is 10.2. The van der Waals surface area contributed by atoms with Gasteiger partial charge in [0.1, 0.15) is 0 Å². The highest BCUT2D eigenvalue weighted by molar-refractivity contribution is 5.99. The van der Waals surface area contributed by atoms with Crippen LogP contribution >= 0.6 is 0 Å². The van der Waals surface area contributed by atoms with Gasteiger partial charge in [-0.05, 0) is 67.0 Å². The molecule has 3 rings (SSSR count). The lowest BCUT2D eigenvalue weighted by Gasteiger charge is -2.34. The Hall–Kier alpha value is -2.62. The maximum absolute atomic E-state index is 12.9. The lowest BCUT2D eigenvalue weighted by atomic mass is 9.92. The van der Waals surface area contributed by atoms with Crippen LogP contribution in [0.5, 0.6) is 0 Å². The van der Waals surface area contributed by atoms with Gasteiger partial charge in [0.05, 0.1) is 5.92 Å². The van der Waals surface area contributed by atoms with E-state index in [1.54, 1.807) is 0 Å². The van der Waals surface area contributed by atoms with Crippen molar-refractivity contribution in [2.45, 2.75) is 66.7 Å². The topological polar surface area (TPSA) is 49.4 Å². The van der Waals surface area contributed by atoms with E-state index >= 15 is 0 Å². The standard InChI is InChI=1S/C27H36N2O2/c1-18(2)16-20-9-11-21(12-10-20)19(3)25(30)28-23-13-14-24-22(17-23)8-7-15-29(24)26(31)27(4,5)6/h9-14,17-19H,7-8,15-16H2,1-6H3,(H,28,30)/t19-/m1/s1. The fourth-order valence-corrected chi connectivity index (χ4v) is 4.11. The van der Waals surface area contributed by atoms with Crippen molar-refractivity contribution in [3.63, 3.8) is 0 Å². The van der Waals surface area contributed by atoms with E-state index < -0.39 is 5.41 Å². The number of nitrogens with one attached hydrogen (secondary N) is 1. The van der Waals surface area contributed by atoms with E-state index in [-0.39, 0.29) is 17.7 Å². The van der Waals surface area contributed by atoms with Crippen LogP contribution in [0.25, 0.3) is 0 Å². The minimum absolute atomic E-state index is 0.0185. The Bertz CT molecular complexity index is 939. The van der Waals surface area contributed by atoms with Crippen LogP contribution in [0.4, 0.5) is 11.4 Å². The summed E-state index contributed by atoms with van der Waals surface area (Å²) in [5.41, 5.74) is 4.78. The molecule has 0 saturated carbocycles. The molecular formula is C27H36N2O2. The Labute approximate surface area is 187 Å². The summed E-state index contributed by atoms with van der Waals surface area (Å²) in [7, 11) is 0. The third-order valence-electron chi connectivity index (χ3n) is 5.87. The van der Waals surface area contributed by atoms with Crippen molar-refractivity contribution in [1.82, 2.24) is 0 Å². The van der Waals surface area contributed by atoms with Gasteiger partial charge in [0.2, 0.25) is 11.8 Å². The van der Waals surface area contributed by atoms with E-state index in [1.807, 2.05) is 50.8 Å². The maximum atomic E-state index is 12.9. The molecule has 2 aromatic carbocycles. The molecule has 0 aliphatic carbocycles. The summed E-state index contributed by atoms with van der Waals surface area (Å²) < 4.78 is 0. The Balaban J connectivity index is 1.71. The molecule has 31 heavy (non-hydrogen) atoms. The van der Waals surface area contributed by atoms with E-state index in [0.717, 1.165) is 48.3 Å². The van der Waals surface area contributed by atoms with Gasteiger partial charge < -0.3 is 10.2 Å². The lowest BCUT2D eigenvalue weighted by Crippen LogP contribution is -2.42. The van der Waals surface area contributed by atoms with Gasteiger partial charge in [0.25, 0.3) is 0 Å². The fraction of sp³-hybridized carbons (Fsp3) is 0.481. The molecule has 0 spiro atoms.